The Morgan fingerprint density at radius 1 is 0.593 bits per heavy atom. The monoisotopic (exact) mass is 1260 g/mol. The first-order valence-corrected chi connectivity index (χ1v) is 29.6. The maximum absolute atomic E-state index is 13.6. The summed E-state index contributed by atoms with van der Waals surface area (Å²) in [6.45, 7) is 3.85. The van der Waals surface area contributed by atoms with Crippen LogP contribution in [0, 0.1) is 22.7 Å². The fourth-order valence-corrected chi connectivity index (χ4v) is 13.2. The number of hydrogen-bond acceptors (Lipinski definition) is 18. The first kappa shape index (κ1) is 61.8. The van der Waals surface area contributed by atoms with Crippen molar-refractivity contribution in [2.24, 2.45) is 0 Å². The summed E-state index contributed by atoms with van der Waals surface area (Å²) in [5.41, 5.74) is 2.37. The maximum atomic E-state index is 13.6. The van der Waals surface area contributed by atoms with Gasteiger partial charge in [-0.1, -0.05) is 7.43 Å². The Balaban J connectivity index is 0.000000174. The Morgan fingerprint density at radius 3 is 1.36 bits per heavy atom. The molecule has 0 atom stereocenters. The number of H-pyrrole nitrogens is 2. The third-order valence-electron chi connectivity index (χ3n) is 18.0. The zero-order chi connectivity index (χ0) is 62.4. The van der Waals surface area contributed by atoms with Gasteiger partial charge in [0, 0.05) is 110 Å². The van der Waals surface area contributed by atoms with Gasteiger partial charge in [-0.15, -0.1) is 0 Å². The molecular weight excluding hydrogens is 1190 g/mol. The van der Waals surface area contributed by atoms with E-state index in [-0.39, 0.29) is 80.9 Å². The van der Waals surface area contributed by atoms with Crippen molar-refractivity contribution in [1.29, 1.82) is 10.5 Å². The summed E-state index contributed by atoms with van der Waals surface area (Å²) < 4.78 is 107. The molecule has 2 N–H and O–H groups in total. The molecule has 91 heavy (non-hydrogen) atoms. The number of nitrogens with one attached hydrogen (secondary N) is 2. The summed E-state index contributed by atoms with van der Waals surface area (Å²) in [6.07, 6.45) is 9.28. The molecule has 14 rings (SSSR count). The van der Waals surface area contributed by atoms with E-state index in [1.165, 1.54) is 34.6 Å². The third kappa shape index (κ3) is 12.9. The fourth-order valence-electron chi connectivity index (χ4n) is 13.2. The second-order valence-corrected chi connectivity index (χ2v) is 23.7. The standard InChI is InChI=1S/2C30H30F3N9O3.CH4/c2*31-30(32,33)24-11-19(16-41-9-10-44-28(41)43)12-25(39-24)45-22-2-7-40(8-3-22)21-13-29(14-21,4-5-34)42-17-20(15-38-42)26-23-1-6-35-27(23)37-18-36-26;/h2*1,6,11-12,15,17-18,21-22H,2-4,7-10,13-14,16H2,(H,35,36,37);1H4. The summed E-state index contributed by atoms with van der Waals surface area (Å²) in [5, 5.41) is 30.4. The highest BCUT2D eigenvalue weighted by Crippen LogP contribution is 2.48. The van der Waals surface area contributed by atoms with Gasteiger partial charge in [0.1, 0.15) is 60.8 Å². The van der Waals surface area contributed by atoms with Crippen LogP contribution in [0.5, 0.6) is 11.8 Å². The molecule has 0 unspecified atom stereocenters. The van der Waals surface area contributed by atoms with Crippen molar-refractivity contribution in [2.45, 2.75) is 132 Å². The van der Waals surface area contributed by atoms with Gasteiger partial charge in [-0.2, -0.15) is 47.1 Å². The number of halogens is 6. The lowest BCUT2D eigenvalue weighted by atomic mass is 9.69. The lowest BCUT2D eigenvalue weighted by molar-refractivity contribution is -0.142. The molecule has 12 heterocycles. The largest absolute Gasteiger partial charge is 0.474 e. The molecule has 2 amide bonds. The minimum atomic E-state index is -4.65. The molecule has 0 aromatic carbocycles. The number of cyclic esters (lactones) is 2. The SMILES string of the molecule is C.N#CCC1(n2cc(-c3ncnc4[nH]ccc34)cn2)CC(N2CCC(Oc3cc(CN4CCOC4=O)cc(C(F)(F)F)n3)CC2)C1.N#CCC1(n2cc(-c3ncnc4[nH]ccc34)cn2)CC(N2CCC(Oc3cc(CN4CCOC4=O)cc(C(F)(F)F)n3)CC2)C1. The Hall–Kier alpha value is -9.42. The van der Waals surface area contributed by atoms with Gasteiger partial charge in [0.05, 0.1) is 72.9 Å². The molecule has 24 nitrogen and oxygen atoms in total. The molecule has 2 saturated carbocycles. The number of nitriles is 2. The highest BCUT2D eigenvalue weighted by atomic mass is 19.4. The van der Waals surface area contributed by atoms with E-state index in [4.69, 9.17) is 18.9 Å². The quantitative estimate of drug-likeness (QED) is 0.0851. The van der Waals surface area contributed by atoms with Crippen LogP contribution in [0.4, 0.5) is 35.9 Å². The number of fused-ring (bicyclic) bond motifs is 2. The highest BCUT2D eigenvalue weighted by molar-refractivity contribution is 5.91. The van der Waals surface area contributed by atoms with E-state index in [0.29, 0.717) is 77.8 Å². The fraction of sp³-hybridized carbons (Fsp3) is 0.475. The van der Waals surface area contributed by atoms with Crippen LogP contribution >= 0.6 is 0 Å². The van der Waals surface area contributed by atoms with Gasteiger partial charge in [0.25, 0.3) is 0 Å². The molecule has 4 saturated heterocycles. The number of hydrogen-bond donors (Lipinski definition) is 2. The lowest BCUT2D eigenvalue weighted by Crippen LogP contribution is -2.58. The Bertz CT molecular complexity index is 3760. The number of nitrogens with zero attached hydrogens (tertiary/aromatic N) is 16. The van der Waals surface area contributed by atoms with Gasteiger partial charge in [0.2, 0.25) is 11.8 Å². The molecule has 8 aromatic rings. The summed E-state index contributed by atoms with van der Waals surface area (Å²) in [4.78, 5) is 62.2. The maximum Gasteiger partial charge on any atom is 0.433 e. The summed E-state index contributed by atoms with van der Waals surface area (Å²) >= 11 is 0. The molecule has 0 bridgehead atoms. The predicted molar refractivity (Wildman–Crippen MR) is 312 cm³/mol. The van der Waals surface area contributed by atoms with Crippen LogP contribution in [-0.4, -0.2) is 168 Å². The minimum Gasteiger partial charge on any atom is -0.474 e. The highest BCUT2D eigenvalue weighted by Gasteiger charge is 2.51. The summed E-state index contributed by atoms with van der Waals surface area (Å²) in [7, 11) is 0. The number of likely N-dealkylation sites (tertiary alicyclic amines) is 2. The number of carbonyl (C=O) groups excluding carboxylic acids is 2. The van der Waals surface area contributed by atoms with E-state index >= 15 is 0 Å². The van der Waals surface area contributed by atoms with Crippen molar-refractivity contribution < 1.29 is 54.9 Å². The Kier molecular flexibility index (Phi) is 17.0. The zero-order valence-electron chi connectivity index (χ0n) is 48.4. The molecular formula is C61H64F6N18O6. The van der Waals surface area contributed by atoms with E-state index in [0.717, 1.165) is 82.4 Å². The smallest absolute Gasteiger partial charge is 0.433 e. The second-order valence-electron chi connectivity index (χ2n) is 23.7. The number of amides is 2. The van der Waals surface area contributed by atoms with Gasteiger partial charge >= 0.3 is 24.5 Å². The van der Waals surface area contributed by atoms with Gasteiger partial charge in [-0.25, -0.2) is 39.5 Å². The zero-order valence-corrected chi connectivity index (χ0v) is 48.4. The number of rotatable bonds is 16. The van der Waals surface area contributed by atoms with E-state index in [2.05, 4.69) is 72.0 Å². The van der Waals surface area contributed by atoms with Crippen LogP contribution < -0.4 is 9.47 Å². The van der Waals surface area contributed by atoms with Crippen LogP contribution in [0.2, 0.25) is 0 Å². The van der Waals surface area contributed by atoms with Crippen LogP contribution in [0.15, 0.2) is 86.2 Å². The van der Waals surface area contributed by atoms with Crippen LogP contribution in [-0.2, 0) is 46.0 Å². The topological polar surface area (TPSA) is 276 Å². The van der Waals surface area contributed by atoms with Crippen molar-refractivity contribution in [3.63, 3.8) is 0 Å². The van der Waals surface area contributed by atoms with E-state index in [9.17, 15) is 46.5 Å². The normalized spacial score (nSPS) is 22.5. The van der Waals surface area contributed by atoms with E-state index in [1.54, 1.807) is 12.4 Å². The van der Waals surface area contributed by atoms with Crippen LogP contribution in [0.3, 0.4) is 0 Å². The first-order chi connectivity index (χ1) is 43.4. The lowest BCUT2D eigenvalue weighted by Gasteiger charge is -2.52. The average Bonchev–Trinajstić information content (AvgIpc) is 1.75. The van der Waals surface area contributed by atoms with Crippen molar-refractivity contribution in [3.05, 3.63) is 109 Å². The number of carbonyl (C=O) groups is 2. The van der Waals surface area contributed by atoms with Crippen molar-refractivity contribution in [2.75, 3.05) is 52.5 Å². The number of pyridine rings is 2. The van der Waals surface area contributed by atoms with Crippen LogP contribution in [0.25, 0.3) is 44.6 Å². The molecule has 0 radical (unpaired) electrons. The molecule has 2 aliphatic carbocycles. The van der Waals surface area contributed by atoms with Gasteiger partial charge < -0.3 is 38.7 Å². The van der Waals surface area contributed by atoms with Gasteiger partial charge in [0.15, 0.2) is 0 Å². The summed E-state index contributed by atoms with van der Waals surface area (Å²) in [5.74, 6) is -0.199. The van der Waals surface area contributed by atoms with Crippen molar-refractivity contribution in [3.8, 4) is 46.4 Å². The minimum absolute atomic E-state index is 0. The molecule has 0 spiro atoms. The van der Waals surface area contributed by atoms with Gasteiger partial charge in [-0.05, 0) is 86.8 Å². The number of alkyl halides is 6. The first-order valence-electron chi connectivity index (χ1n) is 29.6. The second kappa shape index (κ2) is 25.1. The molecule has 4 aliphatic heterocycles. The number of aromatic nitrogens is 12. The van der Waals surface area contributed by atoms with Gasteiger partial charge in [-0.3, -0.25) is 19.2 Å². The van der Waals surface area contributed by atoms with E-state index < -0.39 is 47.0 Å². The summed E-state index contributed by atoms with van der Waals surface area (Å²) in [6, 6.07) is 13.9. The predicted octanol–water partition coefficient (Wildman–Crippen LogP) is 9.64. The Labute approximate surface area is 517 Å². The molecule has 30 heteroatoms. The molecule has 6 fully saturated rings. The molecule has 8 aromatic heterocycles. The number of aromatic amines is 2. The molecule has 476 valence electrons. The molecule has 6 aliphatic rings. The van der Waals surface area contributed by atoms with Crippen molar-refractivity contribution >= 4 is 34.3 Å². The number of piperidine rings is 2. The van der Waals surface area contributed by atoms with Crippen LogP contribution in [0.1, 0.15) is 94.1 Å². The van der Waals surface area contributed by atoms with E-state index in [1.807, 2.05) is 46.3 Å². The number of ether oxygens (including phenoxy) is 4. The Morgan fingerprint density at radius 2 is 1.00 bits per heavy atom. The van der Waals surface area contributed by atoms with Crippen molar-refractivity contribution in [1.82, 2.24) is 79.0 Å². The average molecular weight is 1260 g/mol. The third-order valence-corrected chi connectivity index (χ3v) is 18.0.